The molecule has 0 saturated carbocycles. The van der Waals surface area contributed by atoms with E-state index in [1.165, 1.54) is 30.3 Å². The van der Waals surface area contributed by atoms with E-state index in [0.717, 1.165) is 6.07 Å². The van der Waals surface area contributed by atoms with Crippen LogP contribution in [-0.2, 0) is 20.0 Å². The van der Waals surface area contributed by atoms with Crippen LogP contribution in [0.15, 0.2) is 58.3 Å². The van der Waals surface area contributed by atoms with Crippen LogP contribution in [-0.4, -0.2) is 16.8 Å². The third-order valence-corrected chi connectivity index (χ3v) is 4.87. The molecule has 9 heteroatoms. The van der Waals surface area contributed by atoms with Crippen molar-refractivity contribution < 1.29 is 16.8 Å². The average molecular weight is 327 g/mol. The Morgan fingerprint density at radius 3 is 2.10 bits per heavy atom. The van der Waals surface area contributed by atoms with Crippen molar-refractivity contribution in [3.63, 3.8) is 0 Å². The summed E-state index contributed by atoms with van der Waals surface area (Å²) in [6.07, 6.45) is 0. The summed E-state index contributed by atoms with van der Waals surface area (Å²) in [7, 11) is -7.92. The number of nitrogens with two attached hydrogens (primary N) is 2. The van der Waals surface area contributed by atoms with Gasteiger partial charge in [-0.25, -0.2) is 22.0 Å². The molecule has 0 saturated heterocycles. The van der Waals surface area contributed by atoms with E-state index in [4.69, 9.17) is 10.9 Å². The predicted octanol–water partition coefficient (Wildman–Crippen LogP) is 0.717. The average Bonchev–Trinajstić information content (AvgIpc) is 2.37. The van der Waals surface area contributed by atoms with Gasteiger partial charge in [0.05, 0.1) is 15.5 Å². The van der Waals surface area contributed by atoms with Crippen molar-refractivity contribution in [3.05, 3.63) is 48.5 Å². The highest BCUT2D eigenvalue weighted by Crippen LogP contribution is 2.20. The zero-order valence-corrected chi connectivity index (χ0v) is 12.4. The van der Waals surface area contributed by atoms with Gasteiger partial charge in [-0.1, -0.05) is 12.1 Å². The van der Waals surface area contributed by atoms with Gasteiger partial charge in [0.1, 0.15) is 0 Å². The number of primary sulfonamides is 1. The van der Waals surface area contributed by atoms with E-state index in [0.29, 0.717) is 5.69 Å². The third kappa shape index (κ3) is 3.72. The molecule has 0 radical (unpaired) electrons. The van der Waals surface area contributed by atoms with Crippen LogP contribution >= 0.6 is 0 Å². The number of anilines is 2. The molecule has 0 aliphatic carbocycles. The first-order valence-electron chi connectivity index (χ1n) is 5.70. The smallest absolute Gasteiger partial charge is 0.261 e. The lowest BCUT2D eigenvalue weighted by molar-refractivity contribution is 0.597. The maximum Gasteiger partial charge on any atom is 0.261 e. The zero-order valence-electron chi connectivity index (χ0n) is 10.7. The van der Waals surface area contributed by atoms with E-state index in [2.05, 4.69) is 4.72 Å². The van der Waals surface area contributed by atoms with E-state index in [-0.39, 0.29) is 15.5 Å². The van der Waals surface area contributed by atoms with Gasteiger partial charge in [0, 0.05) is 5.69 Å². The highest BCUT2D eigenvalue weighted by Gasteiger charge is 2.17. The Kier molecular flexibility index (Phi) is 3.90. The van der Waals surface area contributed by atoms with Gasteiger partial charge in [0.2, 0.25) is 10.0 Å². The summed E-state index contributed by atoms with van der Waals surface area (Å²) in [5.41, 5.74) is 6.24. The largest absolute Gasteiger partial charge is 0.399 e. The van der Waals surface area contributed by atoms with Crippen molar-refractivity contribution in [3.8, 4) is 0 Å². The first kappa shape index (κ1) is 15.3. The Labute approximate surface area is 122 Å². The van der Waals surface area contributed by atoms with Crippen LogP contribution in [0.2, 0.25) is 0 Å². The molecule has 0 aromatic heterocycles. The van der Waals surface area contributed by atoms with Gasteiger partial charge in [0.15, 0.2) is 0 Å². The van der Waals surface area contributed by atoms with Gasteiger partial charge in [0.25, 0.3) is 10.0 Å². The third-order valence-electron chi connectivity index (χ3n) is 2.58. The predicted molar refractivity (Wildman–Crippen MR) is 79.5 cm³/mol. The molecular weight excluding hydrogens is 314 g/mol. The van der Waals surface area contributed by atoms with E-state index in [1.807, 2.05) is 0 Å². The molecule has 2 rings (SSSR count). The van der Waals surface area contributed by atoms with E-state index < -0.39 is 20.0 Å². The fourth-order valence-corrected chi connectivity index (χ4v) is 3.36. The number of rotatable bonds is 4. The Hall–Kier alpha value is -2.10. The highest BCUT2D eigenvalue weighted by molar-refractivity contribution is 7.93. The first-order chi connectivity index (χ1) is 9.68. The SMILES string of the molecule is Nc1cccc(NS(=O)(=O)c2cccc(S(N)(=O)=O)c2)c1. The summed E-state index contributed by atoms with van der Waals surface area (Å²) < 4.78 is 49.2. The number of nitrogens with one attached hydrogen (secondary N) is 1. The van der Waals surface area contributed by atoms with Crippen LogP contribution in [0.1, 0.15) is 0 Å². The number of hydrogen-bond acceptors (Lipinski definition) is 5. The Bertz CT molecular complexity index is 877. The van der Waals surface area contributed by atoms with E-state index >= 15 is 0 Å². The number of hydrogen-bond donors (Lipinski definition) is 3. The van der Waals surface area contributed by atoms with Crippen LogP contribution in [0.25, 0.3) is 0 Å². The summed E-state index contributed by atoms with van der Waals surface area (Å²) >= 11 is 0. The molecule has 2 aromatic carbocycles. The molecule has 5 N–H and O–H groups in total. The minimum Gasteiger partial charge on any atom is -0.399 e. The normalized spacial score (nSPS) is 12.0. The van der Waals surface area contributed by atoms with Gasteiger partial charge < -0.3 is 5.73 Å². The molecule has 0 aliphatic heterocycles. The number of benzene rings is 2. The molecule has 0 spiro atoms. The summed E-state index contributed by atoms with van der Waals surface area (Å²) in [6.45, 7) is 0. The summed E-state index contributed by atoms with van der Waals surface area (Å²) in [5, 5.41) is 4.98. The Balaban J connectivity index is 2.41. The van der Waals surface area contributed by atoms with E-state index in [1.54, 1.807) is 12.1 Å². The summed E-state index contributed by atoms with van der Waals surface area (Å²) in [5.74, 6) is 0. The van der Waals surface area contributed by atoms with Crippen molar-refractivity contribution in [2.45, 2.75) is 9.79 Å². The van der Waals surface area contributed by atoms with Crippen LogP contribution in [0.3, 0.4) is 0 Å². The second kappa shape index (κ2) is 5.35. The van der Waals surface area contributed by atoms with Crippen LogP contribution in [0.5, 0.6) is 0 Å². The summed E-state index contributed by atoms with van der Waals surface area (Å²) in [4.78, 5) is -0.491. The Morgan fingerprint density at radius 2 is 1.48 bits per heavy atom. The van der Waals surface area contributed by atoms with Crippen molar-refractivity contribution >= 4 is 31.4 Å². The molecule has 2 aromatic rings. The molecule has 0 heterocycles. The number of nitrogen functional groups attached to an aromatic ring is 1. The maximum absolute atomic E-state index is 12.2. The van der Waals surface area contributed by atoms with Gasteiger partial charge in [-0.05, 0) is 36.4 Å². The van der Waals surface area contributed by atoms with Crippen LogP contribution in [0, 0.1) is 0 Å². The van der Waals surface area contributed by atoms with Gasteiger partial charge in [-0.2, -0.15) is 0 Å². The monoisotopic (exact) mass is 327 g/mol. The fraction of sp³-hybridized carbons (Fsp3) is 0. The second-order valence-corrected chi connectivity index (χ2v) is 7.49. The van der Waals surface area contributed by atoms with Gasteiger partial charge in [-0.15, -0.1) is 0 Å². The maximum atomic E-state index is 12.2. The lowest BCUT2D eigenvalue weighted by Gasteiger charge is -2.09. The highest BCUT2D eigenvalue weighted by atomic mass is 32.2. The molecule has 112 valence electrons. The van der Waals surface area contributed by atoms with E-state index in [9.17, 15) is 16.8 Å². The molecule has 0 amide bonds. The first-order valence-corrected chi connectivity index (χ1v) is 8.73. The van der Waals surface area contributed by atoms with Crippen molar-refractivity contribution in [2.24, 2.45) is 5.14 Å². The molecule has 0 fully saturated rings. The van der Waals surface area contributed by atoms with Crippen molar-refractivity contribution in [2.75, 3.05) is 10.5 Å². The summed E-state index contributed by atoms with van der Waals surface area (Å²) in [6, 6.07) is 10.9. The zero-order chi connectivity index (χ0) is 15.7. The molecule has 7 nitrogen and oxygen atoms in total. The number of sulfonamides is 2. The molecular formula is C12H13N3O4S2. The standard InChI is InChI=1S/C12H13N3O4S2/c13-9-3-1-4-10(7-9)15-21(18,19)12-6-2-5-11(8-12)20(14,16)17/h1-8,15H,13H2,(H2,14,16,17). The van der Waals surface area contributed by atoms with Crippen molar-refractivity contribution in [1.82, 2.24) is 0 Å². The molecule has 0 atom stereocenters. The van der Waals surface area contributed by atoms with Crippen molar-refractivity contribution in [1.29, 1.82) is 0 Å². The van der Waals surface area contributed by atoms with Crippen LogP contribution in [0.4, 0.5) is 11.4 Å². The van der Waals surface area contributed by atoms with Gasteiger partial charge in [-0.3, -0.25) is 4.72 Å². The van der Waals surface area contributed by atoms with Gasteiger partial charge >= 0.3 is 0 Å². The Morgan fingerprint density at radius 1 is 0.857 bits per heavy atom. The topological polar surface area (TPSA) is 132 Å². The molecule has 0 aliphatic rings. The quantitative estimate of drug-likeness (QED) is 0.712. The lowest BCUT2D eigenvalue weighted by atomic mass is 10.3. The molecule has 0 bridgehead atoms. The fourth-order valence-electron chi connectivity index (χ4n) is 1.63. The minimum atomic E-state index is -3.98. The minimum absolute atomic E-state index is 0.212. The lowest BCUT2D eigenvalue weighted by Crippen LogP contribution is -2.16. The molecule has 0 unspecified atom stereocenters. The second-order valence-electron chi connectivity index (χ2n) is 4.25. The molecule has 21 heavy (non-hydrogen) atoms. The van der Waals surface area contributed by atoms with Crippen LogP contribution < -0.4 is 15.6 Å².